The molecule has 0 saturated heterocycles. The van der Waals surface area contributed by atoms with Crippen molar-refractivity contribution in [3.8, 4) is 0 Å². The standard InChI is InChI=1S/C12H20O3SSi/c1-16(13,14)15-9-11-5-7-12(8-6-11)10-17(2,3)4/h5-8H,9-10H2,1-4H3. The van der Waals surface area contributed by atoms with E-state index in [2.05, 4.69) is 31.8 Å². The first-order valence-electron chi connectivity index (χ1n) is 5.58. The smallest absolute Gasteiger partial charge is 0.264 e. The Bertz CT molecular complexity index is 458. The van der Waals surface area contributed by atoms with E-state index in [-0.39, 0.29) is 6.61 Å². The zero-order valence-electron chi connectivity index (χ0n) is 10.9. The average molecular weight is 272 g/mol. The van der Waals surface area contributed by atoms with Crippen LogP contribution in [0.2, 0.25) is 19.6 Å². The van der Waals surface area contributed by atoms with Gasteiger partial charge >= 0.3 is 0 Å². The first kappa shape index (κ1) is 14.4. The van der Waals surface area contributed by atoms with Gasteiger partial charge in [0.15, 0.2) is 0 Å². The van der Waals surface area contributed by atoms with E-state index in [1.54, 1.807) is 0 Å². The Morgan fingerprint density at radius 3 is 1.94 bits per heavy atom. The Balaban J connectivity index is 2.62. The summed E-state index contributed by atoms with van der Waals surface area (Å²) in [7, 11) is -4.45. The summed E-state index contributed by atoms with van der Waals surface area (Å²) in [5, 5.41) is 0. The lowest BCUT2D eigenvalue weighted by Crippen LogP contribution is -2.23. The maximum atomic E-state index is 10.8. The summed E-state index contributed by atoms with van der Waals surface area (Å²) >= 11 is 0. The fourth-order valence-corrected chi connectivity index (χ4v) is 3.35. The summed E-state index contributed by atoms with van der Waals surface area (Å²) in [5.74, 6) is 0. The molecular formula is C12H20O3SSi. The van der Waals surface area contributed by atoms with Crippen molar-refractivity contribution in [1.29, 1.82) is 0 Å². The van der Waals surface area contributed by atoms with E-state index in [4.69, 9.17) is 4.18 Å². The van der Waals surface area contributed by atoms with Crippen LogP contribution in [0.15, 0.2) is 24.3 Å². The monoisotopic (exact) mass is 272 g/mol. The van der Waals surface area contributed by atoms with Crippen LogP contribution in [0.5, 0.6) is 0 Å². The molecule has 1 aromatic rings. The number of rotatable bonds is 5. The van der Waals surface area contributed by atoms with Crippen LogP contribution in [0.1, 0.15) is 11.1 Å². The molecule has 0 fully saturated rings. The van der Waals surface area contributed by atoms with Crippen LogP contribution in [-0.2, 0) is 27.0 Å². The van der Waals surface area contributed by atoms with Gasteiger partial charge in [-0.3, -0.25) is 4.18 Å². The molecule has 0 radical (unpaired) electrons. The first-order valence-corrected chi connectivity index (χ1v) is 11.1. The molecule has 17 heavy (non-hydrogen) atoms. The minimum absolute atomic E-state index is 0.117. The predicted octanol–water partition coefficient (Wildman–Crippen LogP) is 2.58. The highest BCUT2D eigenvalue weighted by atomic mass is 32.2. The van der Waals surface area contributed by atoms with Crippen LogP contribution in [0.4, 0.5) is 0 Å². The van der Waals surface area contributed by atoms with Gasteiger partial charge in [0.2, 0.25) is 0 Å². The topological polar surface area (TPSA) is 43.4 Å². The molecule has 1 rings (SSSR count). The molecule has 0 atom stereocenters. The molecule has 0 unspecified atom stereocenters. The fraction of sp³-hybridized carbons (Fsp3) is 0.500. The van der Waals surface area contributed by atoms with Gasteiger partial charge in [-0.2, -0.15) is 8.42 Å². The lowest BCUT2D eigenvalue weighted by Gasteiger charge is -2.15. The van der Waals surface area contributed by atoms with Gasteiger partial charge in [0, 0.05) is 8.07 Å². The zero-order valence-corrected chi connectivity index (χ0v) is 12.7. The summed E-state index contributed by atoms with van der Waals surface area (Å²) < 4.78 is 26.4. The summed E-state index contributed by atoms with van der Waals surface area (Å²) in [6.07, 6.45) is 1.06. The summed E-state index contributed by atoms with van der Waals surface area (Å²) in [4.78, 5) is 0. The maximum absolute atomic E-state index is 10.8. The van der Waals surface area contributed by atoms with Crippen LogP contribution < -0.4 is 0 Å². The lowest BCUT2D eigenvalue weighted by atomic mass is 10.2. The second kappa shape index (κ2) is 5.33. The second-order valence-corrected chi connectivity index (χ2v) is 12.6. The first-order chi connectivity index (χ1) is 7.66. The van der Waals surface area contributed by atoms with E-state index >= 15 is 0 Å². The van der Waals surface area contributed by atoms with Gasteiger partial charge in [0.1, 0.15) is 0 Å². The van der Waals surface area contributed by atoms with Crippen LogP contribution in [0, 0.1) is 0 Å². The molecule has 0 bridgehead atoms. The Morgan fingerprint density at radius 1 is 1.06 bits per heavy atom. The molecule has 5 heteroatoms. The van der Waals surface area contributed by atoms with Crippen molar-refractivity contribution in [3.05, 3.63) is 35.4 Å². The molecule has 96 valence electrons. The minimum atomic E-state index is -3.35. The van der Waals surface area contributed by atoms with Gasteiger partial charge in [0.05, 0.1) is 12.9 Å². The lowest BCUT2D eigenvalue weighted by molar-refractivity contribution is 0.311. The van der Waals surface area contributed by atoms with Crippen molar-refractivity contribution in [2.75, 3.05) is 6.26 Å². The Labute approximate surface area is 105 Å². The van der Waals surface area contributed by atoms with Gasteiger partial charge in [-0.25, -0.2) is 0 Å². The largest absolute Gasteiger partial charge is 0.265 e. The molecule has 0 aromatic heterocycles. The van der Waals surface area contributed by atoms with Gasteiger partial charge < -0.3 is 0 Å². The van der Waals surface area contributed by atoms with E-state index < -0.39 is 18.2 Å². The highest BCUT2D eigenvalue weighted by molar-refractivity contribution is 7.85. The van der Waals surface area contributed by atoms with Crippen LogP contribution in [0.3, 0.4) is 0 Å². The van der Waals surface area contributed by atoms with Crippen molar-refractivity contribution in [2.45, 2.75) is 32.3 Å². The molecule has 0 aliphatic heterocycles. The number of hydrogen-bond acceptors (Lipinski definition) is 3. The molecular weight excluding hydrogens is 252 g/mol. The van der Waals surface area contributed by atoms with Crippen molar-refractivity contribution in [2.24, 2.45) is 0 Å². The SMILES string of the molecule is C[Si](C)(C)Cc1ccc(COS(C)(=O)=O)cc1. The molecule has 0 aliphatic carbocycles. The molecule has 0 heterocycles. The molecule has 0 amide bonds. The summed E-state index contributed by atoms with van der Waals surface area (Å²) in [6.45, 7) is 7.10. The van der Waals surface area contributed by atoms with E-state index in [1.165, 1.54) is 5.56 Å². The third-order valence-electron chi connectivity index (χ3n) is 2.20. The highest BCUT2D eigenvalue weighted by Gasteiger charge is 2.13. The van der Waals surface area contributed by atoms with Crippen molar-refractivity contribution >= 4 is 18.2 Å². The Hall–Kier alpha value is -0.653. The van der Waals surface area contributed by atoms with Crippen LogP contribution in [-0.4, -0.2) is 22.7 Å². The average Bonchev–Trinajstić information content (AvgIpc) is 2.13. The van der Waals surface area contributed by atoms with Crippen LogP contribution in [0.25, 0.3) is 0 Å². The third-order valence-corrected chi connectivity index (χ3v) is 4.21. The fourth-order valence-electron chi connectivity index (χ4n) is 1.54. The van der Waals surface area contributed by atoms with E-state index in [0.717, 1.165) is 17.9 Å². The molecule has 3 nitrogen and oxygen atoms in total. The third kappa shape index (κ3) is 6.60. The maximum Gasteiger partial charge on any atom is 0.264 e. The molecule has 0 saturated carbocycles. The van der Waals surface area contributed by atoms with Gasteiger partial charge in [0.25, 0.3) is 10.1 Å². The summed E-state index contributed by atoms with van der Waals surface area (Å²) in [5.41, 5.74) is 2.20. The summed E-state index contributed by atoms with van der Waals surface area (Å²) in [6, 6.07) is 9.11. The second-order valence-electron chi connectivity index (χ2n) is 5.52. The van der Waals surface area contributed by atoms with Crippen LogP contribution >= 0.6 is 0 Å². The van der Waals surface area contributed by atoms with E-state index in [0.29, 0.717) is 0 Å². The molecule has 0 spiro atoms. The molecule has 1 aromatic carbocycles. The highest BCUT2D eigenvalue weighted by Crippen LogP contribution is 2.13. The van der Waals surface area contributed by atoms with Gasteiger partial charge in [-0.1, -0.05) is 49.5 Å². The Kier molecular flexibility index (Phi) is 4.52. The van der Waals surface area contributed by atoms with Crippen molar-refractivity contribution in [3.63, 3.8) is 0 Å². The van der Waals surface area contributed by atoms with Gasteiger partial charge in [-0.15, -0.1) is 0 Å². The molecule has 0 aliphatic rings. The quantitative estimate of drug-likeness (QED) is 0.611. The molecule has 0 N–H and O–H groups in total. The zero-order chi connectivity index (χ0) is 13.1. The Morgan fingerprint density at radius 2 is 1.53 bits per heavy atom. The number of benzene rings is 1. The normalized spacial score (nSPS) is 12.7. The van der Waals surface area contributed by atoms with E-state index in [9.17, 15) is 8.42 Å². The van der Waals surface area contributed by atoms with E-state index in [1.807, 2.05) is 12.1 Å². The predicted molar refractivity (Wildman–Crippen MR) is 73.1 cm³/mol. The minimum Gasteiger partial charge on any atom is -0.265 e. The number of hydrogen-bond donors (Lipinski definition) is 0. The van der Waals surface area contributed by atoms with Gasteiger partial charge in [-0.05, 0) is 11.6 Å². The van der Waals surface area contributed by atoms with Crippen molar-refractivity contribution in [1.82, 2.24) is 0 Å². The van der Waals surface area contributed by atoms with Crippen molar-refractivity contribution < 1.29 is 12.6 Å².